The first-order valence-corrected chi connectivity index (χ1v) is 7.12. The van der Waals surface area contributed by atoms with Gasteiger partial charge < -0.3 is 10.5 Å². The van der Waals surface area contributed by atoms with Gasteiger partial charge in [0.1, 0.15) is 5.75 Å². The number of hydrogen-bond acceptors (Lipinski definition) is 3. The third kappa shape index (κ3) is 3.58. The van der Waals surface area contributed by atoms with Crippen molar-refractivity contribution in [1.29, 1.82) is 0 Å². The van der Waals surface area contributed by atoms with Crippen LogP contribution in [0.25, 0.3) is 0 Å². The number of ketones is 1. The molecular weight excluding hydrogens is 374 g/mol. The predicted octanol–water partition coefficient (Wildman–Crippen LogP) is 4.06. The predicted molar refractivity (Wildman–Crippen MR) is 82.5 cm³/mol. The SMILES string of the molecule is Nc1ccccc1OCC(=O)c1cc(Br)ccc1Br. The highest BCUT2D eigenvalue weighted by atomic mass is 79.9. The molecule has 0 aromatic heterocycles. The van der Waals surface area contributed by atoms with Crippen LogP contribution in [0.2, 0.25) is 0 Å². The number of anilines is 1. The van der Waals surface area contributed by atoms with E-state index in [-0.39, 0.29) is 12.4 Å². The zero-order valence-corrected chi connectivity index (χ0v) is 13.1. The molecule has 0 amide bonds. The van der Waals surface area contributed by atoms with Crippen molar-refractivity contribution in [2.24, 2.45) is 0 Å². The Morgan fingerprint density at radius 1 is 1.16 bits per heavy atom. The number of halogens is 2. The van der Waals surface area contributed by atoms with Crippen molar-refractivity contribution in [3.8, 4) is 5.75 Å². The Balaban J connectivity index is 2.10. The van der Waals surface area contributed by atoms with Gasteiger partial charge in [0.2, 0.25) is 5.78 Å². The van der Waals surface area contributed by atoms with E-state index in [2.05, 4.69) is 31.9 Å². The molecule has 0 aliphatic heterocycles. The minimum absolute atomic E-state index is 0.0523. The van der Waals surface area contributed by atoms with Crippen molar-refractivity contribution in [1.82, 2.24) is 0 Å². The molecule has 0 saturated carbocycles. The molecule has 2 N–H and O–H groups in total. The summed E-state index contributed by atoms with van der Waals surface area (Å²) in [6, 6.07) is 12.5. The van der Waals surface area contributed by atoms with Crippen molar-refractivity contribution < 1.29 is 9.53 Å². The average Bonchev–Trinajstić information content (AvgIpc) is 2.40. The van der Waals surface area contributed by atoms with Crippen LogP contribution in [0, 0.1) is 0 Å². The van der Waals surface area contributed by atoms with Crippen LogP contribution in [0.5, 0.6) is 5.75 Å². The molecule has 0 atom stereocenters. The van der Waals surface area contributed by atoms with E-state index >= 15 is 0 Å². The van der Waals surface area contributed by atoms with Gasteiger partial charge in [0.05, 0.1) is 5.69 Å². The number of Topliss-reactive ketones (excluding diaryl/α,β-unsaturated/α-hetero) is 1. The topological polar surface area (TPSA) is 52.3 Å². The van der Waals surface area contributed by atoms with Gasteiger partial charge in [0.25, 0.3) is 0 Å². The fraction of sp³-hybridized carbons (Fsp3) is 0.0714. The molecule has 3 nitrogen and oxygen atoms in total. The Hall–Kier alpha value is -1.33. The van der Waals surface area contributed by atoms with Crippen LogP contribution in [0.1, 0.15) is 10.4 Å². The second-order valence-electron chi connectivity index (χ2n) is 3.87. The number of hydrogen-bond donors (Lipinski definition) is 1. The van der Waals surface area contributed by atoms with Gasteiger partial charge in [-0.2, -0.15) is 0 Å². The minimum atomic E-state index is -0.114. The van der Waals surface area contributed by atoms with Gasteiger partial charge >= 0.3 is 0 Å². The first kappa shape index (κ1) is 14.1. The van der Waals surface area contributed by atoms with E-state index in [1.165, 1.54) is 0 Å². The zero-order valence-electron chi connectivity index (χ0n) is 9.90. The number of ether oxygens (including phenoxy) is 1. The maximum absolute atomic E-state index is 12.1. The maximum atomic E-state index is 12.1. The van der Waals surface area contributed by atoms with Crippen molar-refractivity contribution >= 4 is 43.3 Å². The van der Waals surface area contributed by atoms with E-state index in [9.17, 15) is 4.79 Å². The lowest BCUT2D eigenvalue weighted by atomic mass is 10.1. The smallest absolute Gasteiger partial charge is 0.201 e. The molecule has 0 spiro atoms. The molecule has 0 saturated heterocycles. The number of rotatable bonds is 4. The van der Waals surface area contributed by atoms with Crippen LogP contribution >= 0.6 is 31.9 Å². The van der Waals surface area contributed by atoms with E-state index < -0.39 is 0 Å². The molecule has 2 rings (SSSR count). The zero-order chi connectivity index (χ0) is 13.8. The molecule has 0 unspecified atom stereocenters. The van der Waals surface area contributed by atoms with Crippen LogP contribution in [0.4, 0.5) is 5.69 Å². The molecule has 0 heterocycles. The Morgan fingerprint density at radius 3 is 2.63 bits per heavy atom. The molecule has 0 bridgehead atoms. The molecule has 0 radical (unpaired) electrons. The molecule has 2 aromatic carbocycles. The van der Waals surface area contributed by atoms with Gasteiger partial charge in [-0.15, -0.1) is 0 Å². The van der Waals surface area contributed by atoms with Crippen molar-refractivity contribution in [2.75, 3.05) is 12.3 Å². The van der Waals surface area contributed by atoms with Crippen LogP contribution in [-0.2, 0) is 0 Å². The number of para-hydroxylation sites is 2. The van der Waals surface area contributed by atoms with Gasteiger partial charge in [0.15, 0.2) is 6.61 Å². The van der Waals surface area contributed by atoms with Gasteiger partial charge in [-0.3, -0.25) is 4.79 Å². The highest BCUT2D eigenvalue weighted by Crippen LogP contribution is 2.23. The third-order valence-corrected chi connectivity index (χ3v) is 3.69. The normalized spacial score (nSPS) is 10.2. The minimum Gasteiger partial charge on any atom is -0.483 e. The molecule has 0 aliphatic carbocycles. The number of nitrogen functional groups attached to an aromatic ring is 1. The van der Waals surface area contributed by atoms with Gasteiger partial charge in [-0.1, -0.05) is 44.0 Å². The number of carbonyl (C=O) groups is 1. The fourth-order valence-electron chi connectivity index (χ4n) is 1.54. The lowest BCUT2D eigenvalue weighted by Crippen LogP contribution is -2.13. The Kier molecular flexibility index (Phi) is 4.61. The molecule has 2 aromatic rings. The summed E-state index contributed by atoms with van der Waals surface area (Å²) in [6.07, 6.45) is 0. The van der Waals surface area contributed by atoms with E-state index in [0.717, 1.165) is 8.95 Å². The Morgan fingerprint density at radius 2 is 1.89 bits per heavy atom. The quantitative estimate of drug-likeness (QED) is 0.638. The van der Waals surface area contributed by atoms with Gasteiger partial charge in [-0.05, 0) is 30.3 Å². The maximum Gasteiger partial charge on any atom is 0.201 e. The molecule has 19 heavy (non-hydrogen) atoms. The summed E-state index contributed by atoms with van der Waals surface area (Å²) in [5.41, 5.74) is 6.84. The van der Waals surface area contributed by atoms with Crippen molar-refractivity contribution in [3.05, 3.63) is 57.0 Å². The number of nitrogens with two attached hydrogens (primary N) is 1. The van der Waals surface area contributed by atoms with Crippen LogP contribution in [-0.4, -0.2) is 12.4 Å². The monoisotopic (exact) mass is 383 g/mol. The average molecular weight is 385 g/mol. The Labute approximate surface area is 128 Å². The fourth-order valence-corrected chi connectivity index (χ4v) is 2.37. The van der Waals surface area contributed by atoms with Crippen LogP contribution in [0.3, 0.4) is 0 Å². The first-order valence-electron chi connectivity index (χ1n) is 5.53. The first-order chi connectivity index (χ1) is 9.08. The molecular formula is C14H11Br2NO2. The highest BCUT2D eigenvalue weighted by Gasteiger charge is 2.12. The molecule has 0 aliphatic rings. The van der Waals surface area contributed by atoms with E-state index in [0.29, 0.717) is 17.0 Å². The second-order valence-corrected chi connectivity index (χ2v) is 5.64. The second kappa shape index (κ2) is 6.21. The number of benzene rings is 2. The van der Waals surface area contributed by atoms with E-state index in [4.69, 9.17) is 10.5 Å². The Bertz CT molecular complexity index is 614. The summed E-state index contributed by atoms with van der Waals surface area (Å²) in [5, 5.41) is 0. The van der Waals surface area contributed by atoms with Gasteiger partial charge in [-0.25, -0.2) is 0 Å². The lowest BCUT2D eigenvalue weighted by Gasteiger charge is -2.09. The summed E-state index contributed by atoms with van der Waals surface area (Å²) in [7, 11) is 0. The largest absolute Gasteiger partial charge is 0.483 e. The van der Waals surface area contributed by atoms with Crippen molar-refractivity contribution in [2.45, 2.75) is 0 Å². The highest BCUT2D eigenvalue weighted by molar-refractivity contribution is 9.11. The standard InChI is InChI=1S/C14H11Br2NO2/c15-9-5-6-11(16)10(7-9)13(18)8-19-14-4-2-1-3-12(14)17/h1-7H,8,17H2. The summed E-state index contributed by atoms with van der Waals surface area (Å²) in [5.74, 6) is 0.401. The summed E-state index contributed by atoms with van der Waals surface area (Å²) < 4.78 is 7.02. The lowest BCUT2D eigenvalue weighted by molar-refractivity contribution is 0.0921. The van der Waals surface area contributed by atoms with E-state index in [1.54, 1.807) is 18.2 Å². The third-order valence-electron chi connectivity index (χ3n) is 2.51. The number of carbonyl (C=O) groups excluding carboxylic acids is 1. The summed E-state index contributed by atoms with van der Waals surface area (Å²) >= 11 is 6.69. The van der Waals surface area contributed by atoms with Crippen LogP contribution < -0.4 is 10.5 Å². The van der Waals surface area contributed by atoms with Crippen molar-refractivity contribution in [3.63, 3.8) is 0 Å². The van der Waals surface area contributed by atoms with Gasteiger partial charge in [0, 0.05) is 14.5 Å². The summed E-state index contributed by atoms with van der Waals surface area (Å²) in [4.78, 5) is 12.1. The molecule has 0 fully saturated rings. The molecule has 5 heteroatoms. The summed E-state index contributed by atoms with van der Waals surface area (Å²) in [6.45, 7) is -0.0523. The molecule has 98 valence electrons. The van der Waals surface area contributed by atoms with E-state index in [1.807, 2.05) is 24.3 Å². The van der Waals surface area contributed by atoms with Crippen LogP contribution in [0.15, 0.2) is 51.4 Å².